The maximum Gasteiger partial charge on any atom is 0.328 e. The number of aryl methyl sites for hydroxylation is 2. The van der Waals surface area contributed by atoms with E-state index in [0.717, 1.165) is 16.6 Å². The van der Waals surface area contributed by atoms with Crippen LogP contribution in [0.4, 0.5) is 0 Å². The number of amides is 1. The highest BCUT2D eigenvalue weighted by Crippen LogP contribution is 2.32. The Morgan fingerprint density at radius 3 is 2.61 bits per heavy atom. The third-order valence-corrected chi connectivity index (χ3v) is 5.16. The summed E-state index contributed by atoms with van der Waals surface area (Å²) in [5.74, 6) is -0.109. The second kappa shape index (κ2) is 5.82. The lowest BCUT2D eigenvalue weighted by atomic mass is 10.2. The molecule has 3 rings (SSSR count). The van der Waals surface area contributed by atoms with Gasteiger partial charge in [0.15, 0.2) is 0 Å². The Morgan fingerprint density at radius 1 is 1.22 bits per heavy atom. The largest absolute Gasteiger partial charge is 0.328 e. The molecule has 7 heteroatoms. The SMILES string of the molecule is C=CCN1C(=O)C(=Cc2ccc3c(c2)n(C)c(=O)n3C)SC1=S. The van der Waals surface area contributed by atoms with Crippen LogP contribution >= 0.6 is 24.0 Å². The average molecular weight is 345 g/mol. The Bertz CT molecular complexity index is 937. The number of carbonyl (C=O) groups is 1. The second-order valence-electron chi connectivity index (χ2n) is 5.23. The van der Waals surface area contributed by atoms with E-state index in [1.165, 1.54) is 16.7 Å². The Labute approximate surface area is 142 Å². The van der Waals surface area contributed by atoms with Gasteiger partial charge in [0.2, 0.25) is 0 Å². The minimum Gasteiger partial charge on any atom is -0.295 e. The summed E-state index contributed by atoms with van der Waals surface area (Å²) in [6.45, 7) is 4.05. The fourth-order valence-corrected chi connectivity index (χ4v) is 3.83. The molecule has 0 N–H and O–H groups in total. The van der Waals surface area contributed by atoms with Crippen molar-refractivity contribution in [1.29, 1.82) is 0 Å². The molecule has 0 unspecified atom stereocenters. The van der Waals surface area contributed by atoms with Crippen LogP contribution in [0.5, 0.6) is 0 Å². The molecule has 1 aliphatic rings. The summed E-state index contributed by atoms with van der Waals surface area (Å²) in [6, 6.07) is 5.67. The van der Waals surface area contributed by atoms with E-state index in [2.05, 4.69) is 6.58 Å². The molecule has 1 saturated heterocycles. The maximum atomic E-state index is 12.3. The lowest BCUT2D eigenvalue weighted by Crippen LogP contribution is -2.27. The minimum absolute atomic E-state index is 0.0746. The molecule has 1 aliphatic heterocycles. The first kappa shape index (κ1) is 15.8. The van der Waals surface area contributed by atoms with E-state index >= 15 is 0 Å². The first-order valence-electron chi connectivity index (χ1n) is 6.95. The molecule has 0 atom stereocenters. The Hall–Kier alpha value is -2.12. The fourth-order valence-electron chi connectivity index (χ4n) is 2.55. The molecule has 1 aromatic carbocycles. The third kappa shape index (κ3) is 2.55. The maximum absolute atomic E-state index is 12.3. The zero-order valence-corrected chi connectivity index (χ0v) is 14.4. The van der Waals surface area contributed by atoms with Gasteiger partial charge in [0, 0.05) is 20.6 Å². The second-order valence-corrected chi connectivity index (χ2v) is 6.91. The molecule has 1 fully saturated rings. The van der Waals surface area contributed by atoms with E-state index in [1.54, 1.807) is 35.4 Å². The van der Waals surface area contributed by atoms with Crippen LogP contribution in [0.25, 0.3) is 17.1 Å². The number of carbonyl (C=O) groups excluding carboxylic acids is 1. The molecule has 5 nitrogen and oxygen atoms in total. The number of rotatable bonds is 3. The number of hydrogen-bond acceptors (Lipinski definition) is 4. The van der Waals surface area contributed by atoms with Crippen LogP contribution in [-0.4, -0.2) is 30.8 Å². The van der Waals surface area contributed by atoms with Gasteiger partial charge < -0.3 is 0 Å². The summed E-state index contributed by atoms with van der Waals surface area (Å²) < 4.78 is 3.73. The van der Waals surface area contributed by atoms with Gasteiger partial charge in [-0.15, -0.1) is 6.58 Å². The van der Waals surface area contributed by atoms with Crippen molar-refractivity contribution >= 4 is 51.3 Å². The molecule has 2 heterocycles. The van der Waals surface area contributed by atoms with E-state index in [0.29, 0.717) is 15.8 Å². The number of imidazole rings is 1. The van der Waals surface area contributed by atoms with E-state index in [4.69, 9.17) is 12.2 Å². The number of nitrogens with zero attached hydrogens (tertiary/aromatic N) is 3. The van der Waals surface area contributed by atoms with Crippen LogP contribution in [-0.2, 0) is 18.9 Å². The van der Waals surface area contributed by atoms with Crippen LogP contribution in [0.2, 0.25) is 0 Å². The van der Waals surface area contributed by atoms with Gasteiger partial charge in [-0.25, -0.2) is 4.79 Å². The molecule has 1 aromatic heterocycles. The van der Waals surface area contributed by atoms with Crippen molar-refractivity contribution in [2.24, 2.45) is 14.1 Å². The van der Waals surface area contributed by atoms with Crippen LogP contribution in [0.1, 0.15) is 5.56 Å². The molecular formula is C16H15N3O2S2. The van der Waals surface area contributed by atoms with Crippen LogP contribution < -0.4 is 5.69 Å². The lowest BCUT2D eigenvalue weighted by Gasteiger charge is -2.10. The molecule has 1 amide bonds. The zero-order valence-electron chi connectivity index (χ0n) is 12.8. The van der Waals surface area contributed by atoms with Crippen LogP contribution in [0.3, 0.4) is 0 Å². The standard InChI is InChI=1S/C16H15N3O2S2/c1-4-7-19-14(20)13(23-16(19)22)9-10-5-6-11-12(8-10)18(3)15(21)17(11)2/h4-6,8-9H,1,7H2,2-3H3. The first-order valence-corrected chi connectivity index (χ1v) is 8.18. The van der Waals surface area contributed by atoms with Crippen molar-refractivity contribution < 1.29 is 4.79 Å². The van der Waals surface area contributed by atoms with Crippen LogP contribution in [0.15, 0.2) is 40.6 Å². The number of thiocarbonyl (C=S) groups is 1. The van der Waals surface area contributed by atoms with Crippen LogP contribution in [0, 0.1) is 0 Å². The van der Waals surface area contributed by atoms with Crippen molar-refractivity contribution in [1.82, 2.24) is 14.0 Å². The number of hydrogen-bond donors (Lipinski definition) is 0. The van der Waals surface area contributed by atoms with Crippen molar-refractivity contribution in [2.75, 3.05) is 6.54 Å². The zero-order chi connectivity index (χ0) is 16.7. The topological polar surface area (TPSA) is 47.2 Å². The number of fused-ring (bicyclic) bond motifs is 1. The van der Waals surface area contributed by atoms with Gasteiger partial charge in [0.05, 0.1) is 15.9 Å². The molecule has 118 valence electrons. The summed E-state index contributed by atoms with van der Waals surface area (Å²) in [5, 5.41) is 0. The van der Waals surface area contributed by atoms with E-state index in [9.17, 15) is 9.59 Å². The van der Waals surface area contributed by atoms with Gasteiger partial charge in [-0.1, -0.05) is 36.1 Å². The number of benzene rings is 1. The van der Waals surface area contributed by atoms with Gasteiger partial charge in [0.25, 0.3) is 5.91 Å². The van der Waals surface area contributed by atoms with E-state index in [-0.39, 0.29) is 11.6 Å². The van der Waals surface area contributed by atoms with Gasteiger partial charge in [0.1, 0.15) is 4.32 Å². The Balaban J connectivity index is 2.03. The summed E-state index contributed by atoms with van der Waals surface area (Å²) in [5.41, 5.74) is 2.47. The van der Waals surface area contributed by atoms with Gasteiger partial charge in [-0.3, -0.25) is 18.8 Å². The molecule has 0 aliphatic carbocycles. The monoisotopic (exact) mass is 345 g/mol. The van der Waals surface area contributed by atoms with Crippen molar-refractivity contribution in [3.63, 3.8) is 0 Å². The Kier molecular flexibility index (Phi) is 3.99. The molecular weight excluding hydrogens is 330 g/mol. The number of aromatic nitrogens is 2. The van der Waals surface area contributed by atoms with Crippen molar-refractivity contribution in [3.8, 4) is 0 Å². The highest BCUT2D eigenvalue weighted by Gasteiger charge is 2.30. The van der Waals surface area contributed by atoms with E-state index < -0.39 is 0 Å². The molecule has 23 heavy (non-hydrogen) atoms. The van der Waals surface area contributed by atoms with Gasteiger partial charge in [-0.05, 0) is 23.8 Å². The van der Waals surface area contributed by atoms with Gasteiger partial charge >= 0.3 is 5.69 Å². The average Bonchev–Trinajstić information content (AvgIpc) is 2.91. The summed E-state index contributed by atoms with van der Waals surface area (Å²) >= 11 is 6.51. The highest BCUT2D eigenvalue weighted by atomic mass is 32.2. The highest BCUT2D eigenvalue weighted by molar-refractivity contribution is 8.26. The van der Waals surface area contributed by atoms with Crippen molar-refractivity contribution in [2.45, 2.75) is 0 Å². The van der Waals surface area contributed by atoms with Gasteiger partial charge in [-0.2, -0.15) is 0 Å². The quantitative estimate of drug-likeness (QED) is 0.486. The molecule has 0 saturated carbocycles. The minimum atomic E-state index is -0.109. The first-order chi connectivity index (χ1) is 10.9. The Morgan fingerprint density at radius 2 is 1.91 bits per heavy atom. The van der Waals surface area contributed by atoms with Crippen molar-refractivity contribution in [3.05, 3.63) is 51.8 Å². The summed E-state index contributed by atoms with van der Waals surface area (Å²) in [6.07, 6.45) is 3.46. The number of thioether (sulfide) groups is 1. The molecule has 0 bridgehead atoms. The summed E-state index contributed by atoms with van der Waals surface area (Å²) in [7, 11) is 3.47. The van der Waals surface area contributed by atoms with E-state index in [1.807, 2.05) is 18.2 Å². The molecule has 0 radical (unpaired) electrons. The normalized spacial score (nSPS) is 16.8. The fraction of sp³-hybridized carbons (Fsp3) is 0.188. The molecule has 2 aromatic rings. The predicted molar refractivity (Wildman–Crippen MR) is 98.2 cm³/mol. The smallest absolute Gasteiger partial charge is 0.295 e. The predicted octanol–water partition coefficient (Wildman–Crippen LogP) is 2.26. The lowest BCUT2D eigenvalue weighted by molar-refractivity contribution is -0.121. The third-order valence-electron chi connectivity index (χ3n) is 3.78. The molecule has 0 spiro atoms. The summed E-state index contributed by atoms with van der Waals surface area (Å²) in [4.78, 5) is 26.4.